The molecule has 0 aliphatic carbocycles. The molecule has 0 bridgehead atoms. The molecule has 0 radical (unpaired) electrons. The van der Waals surface area contributed by atoms with E-state index in [1.165, 1.54) is 12.1 Å². The third-order valence-electron chi connectivity index (χ3n) is 5.88. The van der Waals surface area contributed by atoms with E-state index in [4.69, 9.17) is 4.74 Å². The van der Waals surface area contributed by atoms with E-state index in [9.17, 15) is 9.50 Å². The largest absolute Gasteiger partial charge is 0.497 e. The van der Waals surface area contributed by atoms with E-state index in [1.54, 1.807) is 7.11 Å². The van der Waals surface area contributed by atoms with Crippen LogP contribution in [0.25, 0.3) is 5.69 Å². The molecule has 1 fully saturated rings. The minimum atomic E-state index is -0.215. The quantitative estimate of drug-likeness (QED) is 0.602. The zero-order chi connectivity index (χ0) is 21.6. The number of ether oxygens (including phenoxy) is 1. The first kappa shape index (κ1) is 21.5. The van der Waals surface area contributed by atoms with Gasteiger partial charge in [-0.15, -0.1) is 0 Å². The van der Waals surface area contributed by atoms with Crippen LogP contribution in [0.2, 0.25) is 0 Å². The molecule has 1 aliphatic heterocycles. The number of aliphatic hydroxyl groups excluding tert-OH is 1. The van der Waals surface area contributed by atoms with Gasteiger partial charge in [0, 0.05) is 56.9 Å². The lowest BCUT2D eigenvalue weighted by Crippen LogP contribution is -2.52. The van der Waals surface area contributed by atoms with Crippen LogP contribution in [0.4, 0.5) is 4.39 Å². The first-order chi connectivity index (χ1) is 15.2. The van der Waals surface area contributed by atoms with Crippen LogP contribution in [0.5, 0.6) is 5.75 Å². The number of nitrogens with zero attached hydrogens (tertiary/aromatic N) is 4. The Hall–Kier alpha value is -2.74. The van der Waals surface area contributed by atoms with E-state index in [0.717, 1.165) is 55.5 Å². The summed E-state index contributed by atoms with van der Waals surface area (Å²) in [4.78, 5) is 9.36. The average Bonchev–Trinajstić information content (AvgIpc) is 3.25. The van der Waals surface area contributed by atoms with Crippen LogP contribution in [-0.2, 0) is 13.1 Å². The van der Waals surface area contributed by atoms with Gasteiger partial charge in [-0.05, 0) is 48.4 Å². The molecule has 0 unspecified atom stereocenters. The molecule has 1 atom stereocenters. The van der Waals surface area contributed by atoms with Crippen molar-refractivity contribution in [2.75, 3.05) is 33.4 Å². The Balaban J connectivity index is 1.42. The lowest BCUT2D eigenvalue weighted by molar-refractivity contribution is 0.0485. The molecule has 0 spiro atoms. The number of imidazole rings is 1. The third kappa shape index (κ3) is 5.31. The van der Waals surface area contributed by atoms with Gasteiger partial charge in [0.2, 0.25) is 0 Å². The van der Waals surface area contributed by atoms with Gasteiger partial charge in [-0.25, -0.2) is 9.37 Å². The predicted octanol–water partition coefficient (Wildman–Crippen LogP) is 3.09. The zero-order valence-electron chi connectivity index (χ0n) is 17.8. The van der Waals surface area contributed by atoms with Gasteiger partial charge in [0.1, 0.15) is 17.4 Å². The lowest BCUT2D eigenvalue weighted by atomic mass is 10.1. The van der Waals surface area contributed by atoms with E-state index >= 15 is 0 Å². The Morgan fingerprint density at radius 1 is 1.06 bits per heavy atom. The smallest absolute Gasteiger partial charge is 0.127 e. The van der Waals surface area contributed by atoms with E-state index in [1.807, 2.05) is 48.8 Å². The summed E-state index contributed by atoms with van der Waals surface area (Å²) in [7, 11) is 1.66. The molecule has 31 heavy (non-hydrogen) atoms. The normalized spacial score (nSPS) is 17.7. The monoisotopic (exact) mass is 424 g/mol. The molecule has 4 rings (SSSR count). The van der Waals surface area contributed by atoms with E-state index in [-0.39, 0.29) is 18.5 Å². The van der Waals surface area contributed by atoms with Crippen molar-refractivity contribution in [3.63, 3.8) is 0 Å². The lowest BCUT2D eigenvalue weighted by Gasteiger charge is -2.41. The molecule has 0 amide bonds. The fourth-order valence-corrected chi connectivity index (χ4v) is 4.19. The second-order valence-electron chi connectivity index (χ2n) is 7.91. The van der Waals surface area contributed by atoms with Gasteiger partial charge in [0.05, 0.1) is 13.7 Å². The standard InChI is InChI=1S/C24H29FN4O2/c1-31-23-8-6-21(7-9-23)29-12-11-26-24(29)18-27-13-14-28(22(17-27)10-15-30)16-19-2-4-20(25)5-3-19/h2-9,11-12,22,30H,10,13-18H2,1H3/t22-/m1/s1. The van der Waals surface area contributed by atoms with Gasteiger partial charge in [-0.3, -0.25) is 9.80 Å². The van der Waals surface area contributed by atoms with Crippen LogP contribution in [-0.4, -0.2) is 63.9 Å². The van der Waals surface area contributed by atoms with E-state index in [2.05, 4.69) is 19.4 Å². The summed E-state index contributed by atoms with van der Waals surface area (Å²) in [6, 6.07) is 14.9. The molecular weight excluding hydrogens is 395 g/mol. The van der Waals surface area contributed by atoms with Crippen LogP contribution in [0.3, 0.4) is 0 Å². The van der Waals surface area contributed by atoms with Crippen molar-refractivity contribution < 1.29 is 14.2 Å². The Labute approximate surface area is 182 Å². The molecule has 2 heterocycles. The average molecular weight is 425 g/mol. The van der Waals surface area contributed by atoms with E-state index < -0.39 is 0 Å². The number of hydrogen-bond donors (Lipinski definition) is 1. The fourth-order valence-electron chi connectivity index (χ4n) is 4.19. The van der Waals surface area contributed by atoms with Crippen LogP contribution in [0, 0.1) is 5.82 Å². The number of piperazine rings is 1. The summed E-state index contributed by atoms with van der Waals surface area (Å²) in [5.74, 6) is 1.60. The molecular formula is C24H29FN4O2. The number of aromatic nitrogens is 2. The highest BCUT2D eigenvalue weighted by Gasteiger charge is 2.27. The van der Waals surface area contributed by atoms with Crippen molar-refractivity contribution in [2.24, 2.45) is 0 Å². The van der Waals surface area contributed by atoms with Gasteiger partial charge >= 0.3 is 0 Å². The molecule has 6 nitrogen and oxygen atoms in total. The Bertz CT molecular complexity index is 958. The highest BCUT2D eigenvalue weighted by atomic mass is 19.1. The van der Waals surface area contributed by atoms with E-state index in [0.29, 0.717) is 6.42 Å². The minimum Gasteiger partial charge on any atom is -0.497 e. The maximum atomic E-state index is 13.2. The van der Waals surface area contributed by atoms with Gasteiger partial charge < -0.3 is 14.4 Å². The molecule has 1 aromatic heterocycles. The van der Waals surface area contributed by atoms with Gasteiger partial charge in [-0.1, -0.05) is 12.1 Å². The molecule has 3 aromatic rings. The molecule has 7 heteroatoms. The second kappa shape index (κ2) is 10.0. The molecule has 2 aromatic carbocycles. The molecule has 1 N–H and O–H groups in total. The Morgan fingerprint density at radius 3 is 2.55 bits per heavy atom. The van der Waals surface area contributed by atoms with Gasteiger partial charge in [-0.2, -0.15) is 0 Å². The fraction of sp³-hybridized carbons (Fsp3) is 0.375. The van der Waals surface area contributed by atoms with Crippen molar-refractivity contribution in [3.8, 4) is 11.4 Å². The minimum absolute atomic E-state index is 0.152. The number of hydrogen-bond acceptors (Lipinski definition) is 5. The molecule has 1 aliphatic rings. The topological polar surface area (TPSA) is 53.8 Å². The number of aliphatic hydroxyl groups is 1. The van der Waals surface area contributed by atoms with Crippen LogP contribution >= 0.6 is 0 Å². The summed E-state index contributed by atoms with van der Waals surface area (Å²) in [6.07, 6.45) is 4.52. The van der Waals surface area contributed by atoms with Crippen molar-refractivity contribution in [1.82, 2.24) is 19.4 Å². The number of benzene rings is 2. The van der Waals surface area contributed by atoms with Gasteiger partial charge in [0.25, 0.3) is 0 Å². The van der Waals surface area contributed by atoms with Crippen molar-refractivity contribution in [3.05, 3.63) is 78.1 Å². The number of methoxy groups -OCH3 is 1. The van der Waals surface area contributed by atoms with Crippen molar-refractivity contribution in [2.45, 2.75) is 25.6 Å². The maximum Gasteiger partial charge on any atom is 0.127 e. The van der Waals surface area contributed by atoms with Crippen LogP contribution in [0.15, 0.2) is 60.9 Å². The second-order valence-corrected chi connectivity index (χ2v) is 7.91. The highest BCUT2D eigenvalue weighted by molar-refractivity contribution is 5.38. The first-order valence-electron chi connectivity index (χ1n) is 10.6. The van der Waals surface area contributed by atoms with Crippen molar-refractivity contribution >= 4 is 0 Å². The maximum absolute atomic E-state index is 13.2. The molecule has 164 valence electrons. The number of rotatable bonds is 8. The molecule has 1 saturated heterocycles. The predicted molar refractivity (Wildman–Crippen MR) is 118 cm³/mol. The summed E-state index contributed by atoms with van der Waals surface area (Å²) in [5.41, 5.74) is 2.14. The Kier molecular flexibility index (Phi) is 6.96. The third-order valence-corrected chi connectivity index (χ3v) is 5.88. The van der Waals surface area contributed by atoms with Crippen molar-refractivity contribution in [1.29, 1.82) is 0 Å². The summed E-state index contributed by atoms with van der Waals surface area (Å²) in [5, 5.41) is 9.60. The molecule has 0 saturated carbocycles. The number of halogens is 1. The summed E-state index contributed by atoms with van der Waals surface area (Å²) >= 11 is 0. The highest BCUT2D eigenvalue weighted by Crippen LogP contribution is 2.20. The van der Waals surface area contributed by atoms with Crippen LogP contribution < -0.4 is 4.74 Å². The first-order valence-corrected chi connectivity index (χ1v) is 10.6. The Morgan fingerprint density at radius 2 is 1.84 bits per heavy atom. The SMILES string of the molecule is COc1ccc(-n2ccnc2CN2CCN(Cc3ccc(F)cc3)[C@H](CCO)C2)cc1. The van der Waals surface area contributed by atoms with Crippen LogP contribution in [0.1, 0.15) is 17.8 Å². The van der Waals surface area contributed by atoms with Gasteiger partial charge in [0.15, 0.2) is 0 Å². The summed E-state index contributed by atoms with van der Waals surface area (Å²) < 4.78 is 20.6. The zero-order valence-corrected chi connectivity index (χ0v) is 17.8. The summed E-state index contributed by atoms with van der Waals surface area (Å²) in [6.45, 7) is 4.32.